The van der Waals surface area contributed by atoms with E-state index in [-0.39, 0.29) is 24.7 Å². The second kappa shape index (κ2) is 4.70. The summed E-state index contributed by atoms with van der Waals surface area (Å²) in [5.74, 6) is 0.0337. The van der Waals surface area contributed by atoms with Gasteiger partial charge in [0.1, 0.15) is 0 Å². The van der Waals surface area contributed by atoms with E-state index in [1.165, 1.54) is 4.57 Å². The number of aryl methyl sites for hydroxylation is 1. The minimum absolute atomic E-state index is 0.0132. The molecule has 1 aliphatic carbocycles. The standard InChI is InChI=1S/C12H18N2O4/c1-2-8-4-14(11(18)13-10(8)17)6-12(7-16)3-9(12)5-15/h4,9,15-16H,2-3,5-7H2,1H3,(H,13,17,18)/t9-,12-/m0/s1. The molecule has 0 spiro atoms. The fourth-order valence-corrected chi connectivity index (χ4v) is 2.39. The molecule has 100 valence electrons. The smallest absolute Gasteiger partial charge is 0.328 e. The van der Waals surface area contributed by atoms with E-state index >= 15 is 0 Å². The van der Waals surface area contributed by atoms with Gasteiger partial charge in [0, 0.05) is 30.3 Å². The molecule has 1 heterocycles. The maximum absolute atomic E-state index is 11.7. The summed E-state index contributed by atoms with van der Waals surface area (Å²) >= 11 is 0. The van der Waals surface area contributed by atoms with Gasteiger partial charge in [0.2, 0.25) is 0 Å². The van der Waals surface area contributed by atoms with Crippen LogP contribution in [0, 0.1) is 11.3 Å². The zero-order chi connectivity index (χ0) is 13.3. The van der Waals surface area contributed by atoms with Gasteiger partial charge in [0.25, 0.3) is 5.56 Å². The normalized spacial score (nSPS) is 26.3. The monoisotopic (exact) mass is 254 g/mol. The molecule has 0 unspecified atom stereocenters. The lowest BCUT2D eigenvalue weighted by Crippen LogP contribution is -2.35. The number of nitrogens with zero attached hydrogens (tertiary/aromatic N) is 1. The topological polar surface area (TPSA) is 95.3 Å². The van der Waals surface area contributed by atoms with Gasteiger partial charge < -0.3 is 10.2 Å². The molecule has 2 atom stereocenters. The number of H-pyrrole nitrogens is 1. The van der Waals surface area contributed by atoms with Crippen LogP contribution in [0.3, 0.4) is 0 Å². The third-order valence-electron chi connectivity index (χ3n) is 3.84. The fraction of sp³-hybridized carbons (Fsp3) is 0.667. The molecule has 1 fully saturated rings. The number of hydrogen-bond donors (Lipinski definition) is 3. The first-order valence-corrected chi connectivity index (χ1v) is 6.10. The predicted octanol–water partition coefficient (Wildman–Crippen LogP) is -0.910. The summed E-state index contributed by atoms with van der Waals surface area (Å²) in [6.45, 7) is 2.12. The third kappa shape index (κ3) is 2.13. The highest BCUT2D eigenvalue weighted by Gasteiger charge is 2.53. The van der Waals surface area contributed by atoms with E-state index in [0.717, 1.165) is 0 Å². The molecule has 0 radical (unpaired) electrons. The van der Waals surface area contributed by atoms with Gasteiger partial charge in [-0.15, -0.1) is 0 Å². The van der Waals surface area contributed by atoms with Crippen LogP contribution in [0.15, 0.2) is 15.8 Å². The summed E-state index contributed by atoms with van der Waals surface area (Å²) < 4.78 is 1.42. The fourth-order valence-electron chi connectivity index (χ4n) is 2.39. The average molecular weight is 254 g/mol. The van der Waals surface area contributed by atoms with Crippen LogP contribution in [-0.4, -0.2) is 33.0 Å². The molecule has 2 rings (SSSR count). The Balaban J connectivity index is 2.30. The van der Waals surface area contributed by atoms with E-state index < -0.39 is 11.1 Å². The van der Waals surface area contributed by atoms with Crippen LogP contribution in [0.1, 0.15) is 18.9 Å². The molecule has 18 heavy (non-hydrogen) atoms. The van der Waals surface area contributed by atoms with Crippen molar-refractivity contribution in [2.75, 3.05) is 13.2 Å². The Bertz CT molecular complexity index is 548. The molecule has 1 aromatic heterocycles. The molecule has 3 N–H and O–H groups in total. The van der Waals surface area contributed by atoms with Gasteiger partial charge in [-0.3, -0.25) is 14.3 Å². The van der Waals surface area contributed by atoms with E-state index in [1.807, 2.05) is 6.92 Å². The van der Waals surface area contributed by atoms with Crippen LogP contribution in [-0.2, 0) is 13.0 Å². The second-order valence-electron chi connectivity index (χ2n) is 5.00. The number of aliphatic hydroxyl groups excluding tert-OH is 2. The van der Waals surface area contributed by atoms with Gasteiger partial charge >= 0.3 is 5.69 Å². The summed E-state index contributed by atoms with van der Waals surface area (Å²) in [5.41, 5.74) is -0.689. The van der Waals surface area contributed by atoms with E-state index in [9.17, 15) is 14.7 Å². The van der Waals surface area contributed by atoms with Crippen molar-refractivity contribution in [3.05, 3.63) is 32.6 Å². The first-order valence-electron chi connectivity index (χ1n) is 6.10. The maximum atomic E-state index is 11.7. The summed E-state index contributed by atoms with van der Waals surface area (Å²) in [7, 11) is 0. The first-order chi connectivity index (χ1) is 8.56. The quantitative estimate of drug-likeness (QED) is 0.634. The van der Waals surface area contributed by atoms with Gasteiger partial charge in [-0.2, -0.15) is 0 Å². The zero-order valence-electron chi connectivity index (χ0n) is 10.3. The largest absolute Gasteiger partial charge is 0.396 e. The van der Waals surface area contributed by atoms with Crippen LogP contribution in [0.2, 0.25) is 0 Å². The van der Waals surface area contributed by atoms with Gasteiger partial charge in [0.05, 0.1) is 6.61 Å². The summed E-state index contributed by atoms with van der Waals surface area (Å²) in [6, 6.07) is 0. The predicted molar refractivity (Wildman–Crippen MR) is 65.4 cm³/mol. The molecule has 0 saturated heterocycles. The number of aromatic amines is 1. The lowest BCUT2D eigenvalue weighted by Gasteiger charge is -2.15. The molecule has 0 aromatic carbocycles. The third-order valence-corrected chi connectivity index (χ3v) is 3.84. The Morgan fingerprint density at radius 1 is 1.50 bits per heavy atom. The second-order valence-corrected chi connectivity index (χ2v) is 5.00. The Labute approximate surface area is 104 Å². The van der Waals surface area contributed by atoms with Gasteiger partial charge in [-0.05, 0) is 18.8 Å². The van der Waals surface area contributed by atoms with Crippen molar-refractivity contribution in [1.29, 1.82) is 0 Å². The molecular formula is C12H18N2O4. The molecule has 0 amide bonds. The minimum Gasteiger partial charge on any atom is -0.396 e. The van der Waals surface area contributed by atoms with E-state index in [2.05, 4.69) is 4.98 Å². The number of rotatable bonds is 5. The van der Waals surface area contributed by atoms with Crippen LogP contribution < -0.4 is 11.2 Å². The highest BCUT2D eigenvalue weighted by atomic mass is 16.3. The molecule has 0 aliphatic heterocycles. The Morgan fingerprint density at radius 2 is 2.22 bits per heavy atom. The highest BCUT2D eigenvalue weighted by Crippen LogP contribution is 2.52. The first kappa shape index (κ1) is 13.0. The maximum Gasteiger partial charge on any atom is 0.328 e. The van der Waals surface area contributed by atoms with Gasteiger partial charge in [-0.25, -0.2) is 4.79 Å². The Morgan fingerprint density at radius 3 is 2.72 bits per heavy atom. The molecule has 1 aliphatic rings. The summed E-state index contributed by atoms with van der Waals surface area (Å²) in [5, 5.41) is 18.5. The average Bonchev–Trinajstić information content (AvgIpc) is 3.07. The van der Waals surface area contributed by atoms with Crippen molar-refractivity contribution in [3.8, 4) is 0 Å². The van der Waals surface area contributed by atoms with Crippen molar-refractivity contribution < 1.29 is 10.2 Å². The SMILES string of the molecule is CCc1cn(C[C@]2(CO)C[C@H]2CO)c(=O)[nH]c1=O. The van der Waals surface area contributed by atoms with Crippen molar-refractivity contribution in [2.24, 2.45) is 11.3 Å². The summed E-state index contributed by atoms with van der Waals surface area (Å²) in [4.78, 5) is 25.4. The van der Waals surface area contributed by atoms with Crippen LogP contribution in [0.25, 0.3) is 0 Å². The number of nitrogens with one attached hydrogen (secondary N) is 1. The number of hydrogen-bond acceptors (Lipinski definition) is 4. The van der Waals surface area contributed by atoms with Crippen molar-refractivity contribution in [2.45, 2.75) is 26.3 Å². The minimum atomic E-state index is -0.464. The van der Waals surface area contributed by atoms with Crippen molar-refractivity contribution in [1.82, 2.24) is 9.55 Å². The van der Waals surface area contributed by atoms with Crippen LogP contribution >= 0.6 is 0 Å². The van der Waals surface area contributed by atoms with Crippen molar-refractivity contribution in [3.63, 3.8) is 0 Å². The zero-order valence-corrected chi connectivity index (χ0v) is 10.3. The van der Waals surface area contributed by atoms with Gasteiger partial charge in [0.15, 0.2) is 0 Å². The Hall–Kier alpha value is -1.40. The van der Waals surface area contributed by atoms with E-state index in [0.29, 0.717) is 24.9 Å². The van der Waals surface area contributed by atoms with Crippen molar-refractivity contribution >= 4 is 0 Å². The molecule has 1 saturated carbocycles. The molecule has 6 nitrogen and oxygen atoms in total. The highest BCUT2D eigenvalue weighted by molar-refractivity contribution is 5.07. The number of aliphatic hydroxyl groups is 2. The number of aromatic nitrogens is 2. The molecule has 0 bridgehead atoms. The summed E-state index contributed by atoms with van der Waals surface area (Å²) in [6.07, 6.45) is 2.80. The van der Waals surface area contributed by atoms with E-state index in [1.54, 1.807) is 6.20 Å². The molecule has 6 heteroatoms. The lowest BCUT2D eigenvalue weighted by molar-refractivity contribution is 0.156. The van der Waals surface area contributed by atoms with Crippen LogP contribution in [0.4, 0.5) is 0 Å². The molecule has 1 aromatic rings. The van der Waals surface area contributed by atoms with Gasteiger partial charge in [-0.1, -0.05) is 6.92 Å². The molecular weight excluding hydrogens is 236 g/mol. The van der Waals surface area contributed by atoms with Crippen LogP contribution in [0.5, 0.6) is 0 Å². The lowest BCUT2D eigenvalue weighted by atomic mass is 10.1. The van der Waals surface area contributed by atoms with E-state index in [4.69, 9.17) is 5.11 Å². The Kier molecular flexibility index (Phi) is 3.41.